The molecule has 0 fully saturated rings. The van der Waals surface area contributed by atoms with Crippen LogP contribution >= 0.6 is 0 Å². The molecule has 0 N–H and O–H groups in total. The summed E-state index contributed by atoms with van der Waals surface area (Å²) in [6.45, 7) is 4.11. The zero-order valence-electron chi connectivity index (χ0n) is 16.0. The first-order valence-corrected chi connectivity index (χ1v) is 9.53. The fourth-order valence-electron chi connectivity index (χ4n) is 3.94. The number of benzene rings is 3. The second-order valence-corrected chi connectivity index (χ2v) is 7.21. The Morgan fingerprint density at radius 1 is 0.517 bits per heavy atom. The zero-order valence-corrected chi connectivity index (χ0v) is 16.0. The van der Waals surface area contributed by atoms with Gasteiger partial charge in [0.05, 0.1) is 11.0 Å². The van der Waals surface area contributed by atoms with Crippen LogP contribution in [0, 0.1) is 13.8 Å². The van der Waals surface area contributed by atoms with Crippen molar-refractivity contribution < 1.29 is 0 Å². The number of hydrogen-bond donors (Lipinski definition) is 0. The topological polar surface area (TPSA) is 25.8 Å². The standard InChI is InChI=1S/C26H20N2.Na.H/c1-17-15-23(19-9-5-3-6-10-19)21-13-14-22-24(20-11-7-4-8-12-20)16-18(2)28-26(22)25(21)27-17;;/h3-16H,1-2H3;;. The zero-order chi connectivity index (χ0) is 19.1. The van der Waals surface area contributed by atoms with Gasteiger partial charge in [0.25, 0.3) is 0 Å². The Morgan fingerprint density at radius 2 is 0.897 bits per heavy atom. The van der Waals surface area contributed by atoms with Crippen molar-refractivity contribution >= 4 is 51.4 Å². The Bertz CT molecular complexity index is 1210. The monoisotopic (exact) mass is 384 g/mol. The van der Waals surface area contributed by atoms with Crippen molar-refractivity contribution in [2.24, 2.45) is 0 Å². The van der Waals surface area contributed by atoms with Gasteiger partial charge in [0, 0.05) is 22.2 Å². The molecule has 2 heterocycles. The van der Waals surface area contributed by atoms with Crippen LogP contribution in [0.5, 0.6) is 0 Å². The van der Waals surface area contributed by atoms with Crippen molar-refractivity contribution in [2.75, 3.05) is 0 Å². The van der Waals surface area contributed by atoms with Crippen molar-refractivity contribution in [3.8, 4) is 22.3 Å². The van der Waals surface area contributed by atoms with Crippen LogP contribution in [0.25, 0.3) is 44.1 Å². The van der Waals surface area contributed by atoms with Crippen molar-refractivity contribution in [1.82, 2.24) is 9.97 Å². The van der Waals surface area contributed by atoms with Crippen LogP contribution < -0.4 is 0 Å². The number of nitrogens with zero attached hydrogens (tertiary/aromatic N) is 2. The van der Waals surface area contributed by atoms with Gasteiger partial charge in [-0.2, -0.15) is 0 Å². The van der Waals surface area contributed by atoms with Crippen LogP contribution in [0.2, 0.25) is 0 Å². The molecular weight excluding hydrogens is 363 g/mol. The third-order valence-electron chi connectivity index (χ3n) is 5.18. The van der Waals surface area contributed by atoms with Crippen molar-refractivity contribution in [2.45, 2.75) is 13.8 Å². The SMILES string of the molecule is Cc1cc(-c2ccccc2)c2ccc3c(-c4ccccc4)cc(C)nc3c2n1.[NaH]. The van der Waals surface area contributed by atoms with E-state index in [1.807, 2.05) is 12.1 Å². The predicted octanol–water partition coefficient (Wildman–Crippen LogP) is 6.09. The van der Waals surface area contributed by atoms with Gasteiger partial charge in [-0.25, -0.2) is 0 Å². The van der Waals surface area contributed by atoms with E-state index in [0.717, 1.165) is 33.2 Å². The molecular formula is C26H21N2Na. The van der Waals surface area contributed by atoms with E-state index >= 15 is 0 Å². The van der Waals surface area contributed by atoms with E-state index in [1.165, 1.54) is 22.3 Å². The van der Waals surface area contributed by atoms with Crippen LogP contribution in [0.3, 0.4) is 0 Å². The molecule has 2 nitrogen and oxygen atoms in total. The van der Waals surface area contributed by atoms with Gasteiger partial charge >= 0.3 is 29.6 Å². The molecule has 0 saturated heterocycles. The van der Waals surface area contributed by atoms with E-state index in [2.05, 4.69) is 86.6 Å². The fourth-order valence-corrected chi connectivity index (χ4v) is 3.94. The summed E-state index contributed by atoms with van der Waals surface area (Å²) in [5.74, 6) is 0. The van der Waals surface area contributed by atoms with E-state index in [-0.39, 0.29) is 29.6 Å². The number of aromatic nitrogens is 2. The van der Waals surface area contributed by atoms with Crippen molar-refractivity contribution in [1.29, 1.82) is 0 Å². The van der Waals surface area contributed by atoms with Gasteiger partial charge < -0.3 is 0 Å². The van der Waals surface area contributed by atoms with Crippen LogP contribution in [0.1, 0.15) is 11.4 Å². The molecule has 0 aliphatic carbocycles. The third kappa shape index (κ3) is 3.60. The molecule has 136 valence electrons. The molecule has 0 unspecified atom stereocenters. The summed E-state index contributed by atoms with van der Waals surface area (Å²) >= 11 is 0. The minimum absolute atomic E-state index is 0. The summed E-state index contributed by atoms with van der Waals surface area (Å²) in [7, 11) is 0. The molecule has 0 bridgehead atoms. The second-order valence-electron chi connectivity index (χ2n) is 7.21. The second kappa shape index (κ2) is 8.08. The summed E-state index contributed by atoms with van der Waals surface area (Å²) in [6, 6.07) is 29.7. The molecule has 5 aromatic rings. The summed E-state index contributed by atoms with van der Waals surface area (Å²) in [6.07, 6.45) is 0. The van der Waals surface area contributed by atoms with Gasteiger partial charge in [-0.1, -0.05) is 72.8 Å². The molecule has 5 rings (SSSR count). The summed E-state index contributed by atoms with van der Waals surface area (Å²) in [5, 5.41) is 2.28. The predicted molar refractivity (Wildman–Crippen MR) is 125 cm³/mol. The number of pyridine rings is 2. The van der Waals surface area contributed by atoms with Gasteiger partial charge in [-0.3, -0.25) is 9.97 Å². The van der Waals surface area contributed by atoms with Crippen LogP contribution in [-0.4, -0.2) is 39.5 Å². The Kier molecular flexibility index (Phi) is 5.51. The Balaban J connectivity index is 0.00000205. The maximum atomic E-state index is 4.90. The van der Waals surface area contributed by atoms with E-state index in [0.29, 0.717) is 0 Å². The molecule has 29 heavy (non-hydrogen) atoms. The molecule has 2 aromatic heterocycles. The third-order valence-corrected chi connectivity index (χ3v) is 5.18. The number of rotatable bonds is 2. The van der Waals surface area contributed by atoms with Gasteiger partial charge in [-0.05, 0) is 48.2 Å². The van der Waals surface area contributed by atoms with Gasteiger partial charge in [-0.15, -0.1) is 0 Å². The molecule has 0 amide bonds. The van der Waals surface area contributed by atoms with Gasteiger partial charge in [0.1, 0.15) is 0 Å². The van der Waals surface area contributed by atoms with E-state index in [4.69, 9.17) is 9.97 Å². The molecule has 0 saturated carbocycles. The van der Waals surface area contributed by atoms with Crippen LogP contribution in [-0.2, 0) is 0 Å². The normalized spacial score (nSPS) is 10.8. The first kappa shape index (κ1) is 19.8. The van der Waals surface area contributed by atoms with E-state index in [9.17, 15) is 0 Å². The Labute approximate surface area is 192 Å². The number of fused-ring (bicyclic) bond motifs is 3. The first-order valence-electron chi connectivity index (χ1n) is 9.53. The number of hydrogen-bond acceptors (Lipinski definition) is 2. The molecule has 3 heteroatoms. The van der Waals surface area contributed by atoms with E-state index in [1.54, 1.807) is 0 Å². The number of aryl methyl sites for hydroxylation is 2. The molecule has 0 radical (unpaired) electrons. The first-order chi connectivity index (χ1) is 13.7. The average molecular weight is 384 g/mol. The van der Waals surface area contributed by atoms with Gasteiger partial charge in [0.2, 0.25) is 0 Å². The molecule has 0 aliphatic heterocycles. The van der Waals surface area contributed by atoms with Crippen molar-refractivity contribution in [3.05, 3.63) is 96.3 Å². The quantitative estimate of drug-likeness (QED) is 0.272. The molecule has 0 aliphatic rings. The molecule has 0 spiro atoms. The van der Waals surface area contributed by atoms with Gasteiger partial charge in [0.15, 0.2) is 0 Å². The van der Waals surface area contributed by atoms with Crippen LogP contribution in [0.4, 0.5) is 0 Å². The average Bonchev–Trinajstić information content (AvgIpc) is 2.74. The molecule has 0 atom stereocenters. The van der Waals surface area contributed by atoms with Crippen LogP contribution in [0.15, 0.2) is 84.9 Å². The Hall–Kier alpha value is -2.52. The summed E-state index contributed by atoms with van der Waals surface area (Å²) in [4.78, 5) is 9.81. The minimum atomic E-state index is 0. The van der Waals surface area contributed by atoms with Crippen molar-refractivity contribution in [3.63, 3.8) is 0 Å². The summed E-state index contributed by atoms with van der Waals surface area (Å²) < 4.78 is 0. The van der Waals surface area contributed by atoms with E-state index < -0.39 is 0 Å². The fraction of sp³-hybridized carbons (Fsp3) is 0.0769. The Morgan fingerprint density at radius 3 is 1.28 bits per heavy atom. The summed E-state index contributed by atoms with van der Waals surface area (Å²) in [5.41, 5.74) is 8.76. The maximum absolute atomic E-state index is 4.90. The molecule has 3 aromatic carbocycles.